The van der Waals surface area contributed by atoms with Gasteiger partial charge in [-0.15, -0.1) is 0 Å². The minimum atomic E-state index is -1.77. The Hall–Kier alpha value is -1.87. The van der Waals surface area contributed by atoms with E-state index in [0.29, 0.717) is 17.5 Å². The summed E-state index contributed by atoms with van der Waals surface area (Å²) >= 11 is 0. The highest BCUT2D eigenvalue weighted by Crippen LogP contribution is 2.45. The summed E-state index contributed by atoms with van der Waals surface area (Å²) in [5.74, 6) is 0.211. The van der Waals surface area contributed by atoms with Crippen LogP contribution in [0.1, 0.15) is 30.0 Å². The predicted octanol–water partition coefficient (Wildman–Crippen LogP) is 4.34. The molecule has 2 nitrogen and oxygen atoms in total. The highest BCUT2D eigenvalue weighted by Gasteiger charge is 2.47. The lowest BCUT2D eigenvalue weighted by molar-refractivity contribution is -0.119. The van der Waals surface area contributed by atoms with Crippen LogP contribution in [-0.2, 0) is 4.79 Å². The molecule has 1 fully saturated rings. The minimum Gasteiger partial charge on any atom is -0.354 e. The smallest absolute Gasteiger partial charge is 0.220 e. The molecular formula is C20H25NOSi. The highest BCUT2D eigenvalue weighted by molar-refractivity contribution is 6.81. The molecule has 0 bridgehead atoms. The van der Waals surface area contributed by atoms with E-state index in [4.69, 9.17) is 0 Å². The fraction of sp³-hybridized carbons (Fsp3) is 0.350. The average molecular weight is 324 g/mol. The van der Waals surface area contributed by atoms with Crippen LogP contribution in [0.4, 0.5) is 0 Å². The average Bonchev–Trinajstić information content (AvgIpc) is 2.89. The molecule has 0 unspecified atom stereocenters. The van der Waals surface area contributed by atoms with Crippen molar-refractivity contribution in [3.05, 3.63) is 71.8 Å². The van der Waals surface area contributed by atoms with E-state index in [1.165, 1.54) is 11.1 Å². The number of benzene rings is 2. The molecule has 1 aliphatic heterocycles. The number of carbonyl (C=O) groups is 1. The first-order valence-electron chi connectivity index (χ1n) is 8.39. The van der Waals surface area contributed by atoms with Crippen molar-refractivity contribution in [1.82, 2.24) is 5.32 Å². The lowest BCUT2D eigenvalue weighted by Crippen LogP contribution is -2.44. The first-order valence-corrected chi connectivity index (χ1v) is 11.5. The van der Waals surface area contributed by atoms with Gasteiger partial charge in [-0.25, -0.2) is 0 Å². The van der Waals surface area contributed by atoms with Gasteiger partial charge in [-0.3, -0.25) is 4.79 Å². The van der Waals surface area contributed by atoms with Gasteiger partial charge in [0, 0.05) is 18.0 Å². The molecule has 1 saturated heterocycles. The van der Waals surface area contributed by atoms with E-state index in [0.717, 1.165) is 0 Å². The number of nitrogens with one attached hydrogen (secondary N) is 1. The standard InChI is InChI=1S/C20H25NOSi/c1-15-18(14-19(22)21-15)23(2,3)20(16-10-6-4-7-11-16)17-12-8-5-9-13-17/h4-13,15,18,20H,14H2,1-3H3,(H,21,22)/t15-,18+/m0/s1. The third-order valence-corrected chi connectivity index (χ3v) is 10.1. The van der Waals surface area contributed by atoms with E-state index in [1.807, 2.05) is 0 Å². The van der Waals surface area contributed by atoms with Crippen molar-refractivity contribution in [2.45, 2.75) is 43.6 Å². The fourth-order valence-corrected chi connectivity index (χ4v) is 8.87. The summed E-state index contributed by atoms with van der Waals surface area (Å²) in [5, 5.41) is 3.13. The molecule has 1 aliphatic rings. The Morgan fingerprint density at radius 3 is 1.83 bits per heavy atom. The van der Waals surface area contributed by atoms with Crippen LogP contribution >= 0.6 is 0 Å². The zero-order chi connectivity index (χ0) is 16.4. The molecule has 0 saturated carbocycles. The first kappa shape index (κ1) is 16.0. The predicted molar refractivity (Wildman–Crippen MR) is 98.2 cm³/mol. The van der Waals surface area contributed by atoms with E-state index >= 15 is 0 Å². The van der Waals surface area contributed by atoms with E-state index in [9.17, 15) is 4.79 Å². The Bertz CT molecular complexity index is 629. The first-order chi connectivity index (χ1) is 11.0. The lowest BCUT2D eigenvalue weighted by atomic mass is 10.0. The maximum atomic E-state index is 11.9. The molecule has 23 heavy (non-hydrogen) atoms. The molecule has 0 aromatic heterocycles. The Labute approximate surface area is 139 Å². The van der Waals surface area contributed by atoms with E-state index < -0.39 is 8.07 Å². The summed E-state index contributed by atoms with van der Waals surface area (Å²) in [7, 11) is -1.77. The van der Waals surface area contributed by atoms with Gasteiger partial charge in [-0.05, 0) is 23.6 Å². The molecule has 3 rings (SSSR count). The molecule has 1 N–H and O–H groups in total. The molecule has 1 amide bonds. The minimum absolute atomic E-state index is 0.211. The second kappa shape index (κ2) is 6.32. The third-order valence-electron chi connectivity index (χ3n) is 5.36. The van der Waals surface area contributed by atoms with Crippen molar-refractivity contribution in [2.24, 2.45) is 0 Å². The number of carbonyl (C=O) groups excluding carboxylic acids is 1. The van der Waals surface area contributed by atoms with Gasteiger partial charge in [0.2, 0.25) is 5.91 Å². The van der Waals surface area contributed by atoms with Crippen LogP contribution in [0.15, 0.2) is 60.7 Å². The van der Waals surface area contributed by atoms with Gasteiger partial charge in [-0.1, -0.05) is 73.8 Å². The van der Waals surface area contributed by atoms with Gasteiger partial charge in [0.1, 0.15) is 0 Å². The van der Waals surface area contributed by atoms with Crippen LogP contribution < -0.4 is 5.32 Å². The lowest BCUT2D eigenvalue weighted by Gasteiger charge is -2.39. The van der Waals surface area contributed by atoms with Gasteiger partial charge in [0.05, 0.1) is 8.07 Å². The van der Waals surface area contributed by atoms with Gasteiger partial charge in [-0.2, -0.15) is 0 Å². The number of amides is 1. The molecule has 2 aromatic carbocycles. The Balaban J connectivity index is 2.06. The van der Waals surface area contributed by atoms with Crippen molar-refractivity contribution in [2.75, 3.05) is 0 Å². The van der Waals surface area contributed by atoms with E-state index in [1.54, 1.807) is 0 Å². The molecule has 3 heteroatoms. The third kappa shape index (κ3) is 3.11. The van der Waals surface area contributed by atoms with Crippen LogP contribution in [-0.4, -0.2) is 20.0 Å². The van der Waals surface area contributed by atoms with Gasteiger partial charge in [0.15, 0.2) is 0 Å². The van der Waals surface area contributed by atoms with Crippen molar-refractivity contribution in [3.8, 4) is 0 Å². The van der Waals surface area contributed by atoms with Crippen LogP contribution in [0.2, 0.25) is 18.6 Å². The van der Waals surface area contributed by atoms with Crippen LogP contribution in [0.3, 0.4) is 0 Å². The molecule has 0 radical (unpaired) electrons. The molecule has 2 atom stereocenters. The largest absolute Gasteiger partial charge is 0.354 e. The van der Waals surface area contributed by atoms with Crippen LogP contribution in [0, 0.1) is 0 Å². The van der Waals surface area contributed by atoms with Gasteiger partial charge in [0.25, 0.3) is 0 Å². The van der Waals surface area contributed by atoms with Crippen molar-refractivity contribution in [3.63, 3.8) is 0 Å². The summed E-state index contributed by atoms with van der Waals surface area (Å²) in [5.41, 5.74) is 3.62. The van der Waals surface area contributed by atoms with Crippen molar-refractivity contribution < 1.29 is 4.79 Å². The fourth-order valence-electron chi connectivity index (χ4n) is 4.25. The number of rotatable bonds is 4. The summed E-state index contributed by atoms with van der Waals surface area (Å²) in [6.45, 7) is 7.05. The quantitative estimate of drug-likeness (QED) is 0.833. The van der Waals surface area contributed by atoms with Gasteiger partial charge < -0.3 is 5.32 Å². The second-order valence-electron chi connectivity index (χ2n) is 7.24. The Kier molecular flexibility index (Phi) is 4.40. The normalized spacial score (nSPS) is 21.5. The van der Waals surface area contributed by atoms with Crippen molar-refractivity contribution >= 4 is 14.0 Å². The van der Waals surface area contributed by atoms with E-state index in [2.05, 4.69) is 86.0 Å². The van der Waals surface area contributed by atoms with Crippen LogP contribution in [0.5, 0.6) is 0 Å². The second-order valence-corrected chi connectivity index (χ2v) is 12.2. The summed E-state index contributed by atoms with van der Waals surface area (Å²) < 4.78 is 0. The maximum absolute atomic E-state index is 11.9. The Morgan fingerprint density at radius 1 is 0.957 bits per heavy atom. The Morgan fingerprint density at radius 2 is 1.43 bits per heavy atom. The highest BCUT2D eigenvalue weighted by atomic mass is 28.3. The van der Waals surface area contributed by atoms with Crippen molar-refractivity contribution in [1.29, 1.82) is 0 Å². The monoisotopic (exact) mass is 323 g/mol. The number of hydrogen-bond donors (Lipinski definition) is 1. The van der Waals surface area contributed by atoms with Gasteiger partial charge >= 0.3 is 0 Å². The topological polar surface area (TPSA) is 29.1 Å². The molecule has 1 heterocycles. The molecule has 0 aliphatic carbocycles. The number of hydrogen-bond acceptors (Lipinski definition) is 1. The summed E-state index contributed by atoms with van der Waals surface area (Å²) in [6.07, 6.45) is 0.677. The molecule has 2 aromatic rings. The maximum Gasteiger partial charge on any atom is 0.220 e. The summed E-state index contributed by atoms with van der Waals surface area (Å²) in [6, 6.07) is 21.9. The zero-order valence-corrected chi connectivity index (χ0v) is 15.1. The zero-order valence-electron chi connectivity index (χ0n) is 14.1. The van der Waals surface area contributed by atoms with E-state index in [-0.39, 0.29) is 11.9 Å². The molecular weight excluding hydrogens is 298 g/mol. The summed E-state index contributed by atoms with van der Waals surface area (Å²) in [4.78, 5) is 11.9. The molecule has 0 spiro atoms. The SMILES string of the molecule is C[C@@H]1NC(=O)C[C@H]1[Si](C)(C)C(c1ccccc1)c1ccccc1. The molecule has 120 valence electrons. The van der Waals surface area contributed by atoms with Crippen LogP contribution in [0.25, 0.3) is 0 Å².